The fraction of sp³-hybridized carbons (Fsp3) is 0.929. The van der Waals surface area contributed by atoms with Crippen molar-refractivity contribution in [1.82, 2.24) is 5.32 Å². The number of carbonyl (C=O) groups is 1. The third-order valence-corrected chi connectivity index (χ3v) is 3.75. The Labute approximate surface area is 118 Å². The van der Waals surface area contributed by atoms with Gasteiger partial charge in [0.05, 0.1) is 6.04 Å². The molecule has 0 spiro atoms. The number of hydrogen-bond acceptors (Lipinski definition) is 2. The fourth-order valence-electron chi connectivity index (χ4n) is 2.65. The molecule has 4 heteroatoms. The average molecular weight is 277 g/mol. The second-order valence-electron chi connectivity index (χ2n) is 5.33. The molecule has 0 saturated heterocycles. The topological polar surface area (TPSA) is 55.1 Å². The normalized spacial score (nSPS) is 17.9. The fourth-order valence-corrected chi connectivity index (χ4v) is 2.65. The summed E-state index contributed by atoms with van der Waals surface area (Å²) in [5, 5.41) is 2.94. The number of rotatable bonds is 7. The van der Waals surface area contributed by atoms with Crippen LogP contribution in [0.2, 0.25) is 0 Å². The van der Waals surface area contributed by atoms with Crippen molar-refractivity contribution in [2.75, 3.05) is 6.54 Å². The minimum atomic E-state index is -0.310. The zero-order valence-corrected chi connectivity index (χ0v) is 12.4. The highest BCUT2D eigenvalue weighted by molar-refractivity contribution is 5.85. The molecule has 0 heterocycles. The van der Waals surface area contributed by atoms with Gasteiger partial charge in [0, 0.05) is 6.54 Å². The molecule has 1 atom stereocenters. The molecule has 0 aromatic heterocycles. The minimum absolute atomic E-state index is 0. The summed E-state index contributed by atoms with van der Waals surface area (Å²) in [6.45, 7) is 2.85. The summed E-state index contributed by atoms with van der Waals surface area (Å²) in [5.41, 5.74) is 5.74. The van der Waals surface area contributed by atoms with Gasteiger partial charge >= 0.3 is 0 Å². The van der Waals surface area contributed by atoms with Crippen LogP contribution in [0.5, 0.6) is 0 Å². The summed E-state index contributed by atoms with van der Waals surface area (Å²) in [6.07, 6.45) is 11.1. The predicted molar refractivity (Wildman–Crippen MR) is 79.0 cm³/mol. The smallest absolute Gasteiger partial charge is 0.236 e. The molecule has 1 aliphatic rings. The van der Waals surface area contributed by atoms with E-state index in [1.54, 1.807) is 0 Å². The molecule has 18 heavy (non-hydrogen) atoms. The van der Waals surface area contributed by atoms with E-state index in [-0.39, 0.29) is 24.4 Å². The van der Waals surface area contributed by atoms with Crippen molar-refractivity contribution in [2.45, 2.75) is 70.8 Å². The number of halogens is 1. The zero-order valence-electron chi connectivity index (χ0n) is 11.6. The molecule has 0 bridgehead atoms. The van der Waals surface area contributed by atoms with Gasteiger partial charge in [-0.2, -0.15) is 0 Å². The van der Waals surface area contributed by atoms with Crippen LogP contribution in [-0.4, -0.2) is 18.5 Å². The molecule has 1 rings (SSSR count). The molecule has 1 fully saturated rings. The zero-order chi connectivity index (χ0) is 12.5. The van der Waals surface area contributed by atoms with E-state index in [0.29, 0.717) is 0 Å². The van der Waals surface area contributed by atoms with Crippen LogP contribution in [0.3, 0.4) is 0 Å². The van der Waals surface area contributed by atoms with E-state index in [1.165, 1.54) is 38.5 Å². The van der Waals surface area contributed by atoms with Gasteiger partial charge in [-0.3, -0.25) is 4.79 Å². The van der Waals surface area contributed by atoms with Gasteiger partial charge in [0.1, 0.15) is 0 Å². The lowest BCUT2D eigenvalue weighted by Crippen LogP contribution is -2.40. The van der Waals surface area contributed by atoms with Crippen LogP contribution in [0.4, 0.5) is 0 Å². The van der Waals surface area contributed by atoms with Gasteiger partial charge in [-0.15, -0.1) is 12.4 Å². The second kappa shape index (κ2) is 10.6. The van der Waals surface area contributed by atoms with E-state index >= 15 is 0 Å². The Morgan fingerprint density at radius 2 is 2.00 bits per heavy atom. The van der Waals surface area contributed by atoms with Crippen LogP contribution in [0.25, 0.3) is 0 Å². The molecule has 0 radical (unpaired) electrons. The van der Waals surface area contributed by atoms with Crippen molar-refractivity contribution in [3.05, 3.63) is 0 Å². The van der Waals surface area contributed by atoms with Crippen LogP contribution < -0.4 is 11.1 Å². The lowest BCUT2D eigenvalue weighted by molar-refractivity contribution is -0.122. The monoisotopic (exact) mass is 276 g/mol. The molecule has 1 saturated carbocycles. The number of nitrogens with one attached hydrogen (secondary N) is 1. The van der Waals surface area contributed by atoms with E-state index in [0.717, 1.165) is 31.7 Å². The number of hydrogen-bond donors (Lipinski definition) is 2. The maximum atomic E-state index is 11.5. The SMILES string of the molecule is CCCC(N)C(=O)NCCCC1CCCCC1.Cl. The maximum absolute atomic E-state index is 11.5. The number of carbonyl (C=O) groups excluding carboxylic acids is 1. The summed E-state index contributed by atoms with van der Waals surface area (Å²) in [6, 6.07) is -0.310. The van der Waals surface area contributed by atoms with E-state index in [9.17, 15) is 4.79 Å². The van der Waals surface area contributed by atoms with E-state index < -0.39 is 0 Å². The van der Waals surface area contributed by atoms with Crippen LogP contribution in [0.1, 0.15) is 64.7 Å². The van der Waals surface area contributed by atoms with Gasteiger partial charge in [0.2, 0.25) is 5.91 Å². The average Bonchev–Trinajstić information content (AvgIpc) is 2.36. The Morgan fingerprint density at radius 3 is 2.61 bits per heavy atom. The Morgan fingerprint density at radius 1 is 1.33 bits per heavy atom. The highest BCUT2D eigenvalue weighted by Crippen LogP contribution is 2.26. The summed E-state index contributed by atoms with van der Waals surface area (Å²) in [4.78, 5) is 11.5. The first-order valence-electron chi connectivity index (χ1n) is 7.27. The Kier molecular flexibility index (Phi) is 10.5. The van der Waals surface area contributed by atoms with Gasteiger partial charge in [-0.25, -0.2) is 0 Å². The molecule has 0 aromatic rings. The number of nitrogens with two attached hydrogens (primary N) is 1. The quantitative estimate of drug-likeness (QED) is 0.703. The molecule has 1 unspecified atom stereocenters. The Bertz CT molecular complexity index is 218. The highest BCUT2D eigenvalue weighted by Gasteiger charge is 2.14. The molecule has 1 amide bonds. The molecule has 0 aliphatic heterocycles. The van der Waals surface area contributed by atoms with Crippen molar-refractivity contribution < 1.29 is 4.79 Å². The molecule has 3 N–H and O–H groups in total. The first kappa shape index (κ1) is 17.7. The largest absolute Gasteiger partial charge is 0.355 e. The third kappa shape index (κ3) is 7.22. The van der Waals surface area contributed by atoms with E-state index in [1.807, 2.05) is 0 Å². The predicted octanol–water partition coefficient (Wildman–Crippen LogP) is 3.01. The third-order valence-electron chi connectivity index (χ3n) is 3.75. The van der Waals surface area contributed by atoms with Crippen molar-refractivity contribution in [1.29, 1.82) is 0 Å². The minimum Gasteiger partial charge on any atom is -0.355 e. The summed E-state index contributed by atoms with van der Waals surface area (Å²) >= 11 is 0. The van der Waals surface area contributed by atoms with E-state index in [4.69, 9.17) is 5.73 Å². The maximum Gasteiger partial charge on any atom is 0.236 e. The lowest BCUT2D eigenvalue weighted by Gasteiger charge is -2.21. The first-order valence-corrected chi connectivity index (χ1v) is 7.27. The van der Waals surface area contributed by atoms with E-state index in [2.05, 4.69) is 12.2 Å². The first-order chi connectivity index (χ1) is 8.24. The van der Waals surface area contributed by atoms with Crippen LogP contribution >= 0.6 is 12.4 Å². The lowest BCUT2D eigenvalue weighted by atomic mass is 9.86. The van der Waals surface area contributed by atoms with Crippen molar-refractivity contribution in [2.24, 2.45) is 11.7 Å². The standard InChI is InChI=1S/C14H28N2O.ClH/c1-2-7-13(15)14(17)16-11-6-10-12-8-4-3-5-9-12;/h12-13H,2-11,15H2,1H3,(H,16,17);1H. The Balaban J connectivity index is 0.00000289. The molecule has 0 aromatic carbocycles. The van der Waals surface area contributed by atoms with Crippen LogP contribution in [0.15, 0.2) is 0 Å². The van der Waals surface area contributed by atoms with Crippen LogP contribution in [0, 0.1) is 5.92 Å². The summed E-state index contributed by atoms with van der Waals surface area (Å²) in [5.74, 6) is 0.931. The van der Waals surface area contributed by atoms with Crippen molar-refractivity contribution in [3.63, 3.8) is 0 Å². The molecule has 3 nitrogen and oxygen atoms in total. The van der Waals surface area contributed by atoms with Crippen molar-refractivity contribution >= 4 is 18.3 Å². The van der Waals surface area contributed by atoms with Gasteiger partial charge < -0.3 is 11.1 Å². The van der Waals surface area contributed by atoms with Gasteiger partial charge in [-0.05, 0) is 25.2 Å². The van der Waals surface area contributed by atoms with Gasteiger partial charge in [-0.1, -0.05) is 45.4 Å². The summed E-state index contributed by atoms with van der Waals surface area (Å²) < 4.78 is 0. The van der Waals surface area contributed by atoms with Crippen LogP contribution in [-0.2, 0) is 4.79 Å². The molecular weight excluding hydrogens is 248 g/mol. The second-order valence-corrected chi connectivity index (χ2v) is 5.33. The summed E-state index contributed by atoms with van der Waals surface area (Å²) in [7, 11) is 0. The molecular formula is C14H29ClN2O. The highest BCUT2D eigenvalue weighted by atomic mass is 35.5. The van der Waals surface area contributed by atoms with Crippen molar-refractivity contribution in [3.8, 4) is 0 Å². The molecule has 1 aliphatic carbocycles. The number of amides is 1. The van der Waals surface area contributed by atoms with Gasteiger partial charge in [0.25, 0.3) is 0 Å². The van der Waals surface area contributed by atoms with Gasteiger partial charge in [0.15, 0.2) is 0 Å². The molecule has 108 valence electrons. The Hall–Kier alpha value is -0.280.